The fourth-order valence-electron chi connectivity index (χ4n) is 2.97. The summed E-state index contributed by atoms with van der Waals surface area (Å²) in [5, 5.41) is 1.15. The van der Waals surface area contributed by atoms with Crippen LogP contribution in [0.3, 0.4) is 0 Å². The molecule has 0 saturated carbocycles. The number of halogens is 3. The van der Waals surface area contributed by atoms with Crippen molar-refractivity contribution < 1.29 is 13.9 Å². The normalized spacial score (nSPS) is 10.9. The molecule has 3 aromatic rings. The van der Waals surface area contributed by atoms with E-state index in [9.17, 15) is 9.18 Å². The molecule has 0 fully saturated rings. The Morgan fingerprint density at radius 3 is 2.50 bits per heavy atom. The van der Waals surface area contributed by atoms with Crippen molar-refractivity contribution in [3.63, 3.8) is 0 Å². The monoisotopic (exact) mass is 471 g/mol. The number of fused-ring (bicyclic) bond motifs is 1. The molecule has 30 heavy (non-hydrogen) atoms. The number of benzene rings is 2. The third kappa shape index (κ3) is 5.82. The van der Waals surface area contributed by atoms with Gasteiger partial charge in [-0.15, -0.1) is 12.4 Å². The molecule has 0 radical (unpaired) electrons. The third-order valence-corrected chi connectivity index (χ3v) is 5.99. The largest absolute Gasteiger partial charge is 0.494 e. The van der Waals surface area contributed by atoms with E-state index in [4.69, 9.17) is 16.3 Å². The summed E-state index contributed by atoms with van der Waals surface area (Å²) in [6.07, 6.45) is 0.964. The first-order valence-electron chi connectivity index (χ1n) is 9.21. The van der Waals surface area contributed by atoms with E-state index in [1.54, 1.807) is 36.3 Å². The van der Waals surface area contributed by atoms with Gasteiger partial charge < -0.3 is 9.64 Å². The number of hydrogen-bond donors (Lipinski definition) is 0. The van der Waals surface area contributed by atoms with Gasteiger partial charge in [0.2, 0.25) is 5.91 Å². The lowest BCUT2D eigenvalue weighted by atomic mass is 10.1. The van der Waals surface area contributed by atoms with Crippen molar-refractivity contribution in [1.29, 1.82) is 0 Å². The molecule has 162 valence electrons. The van der Waals surface area contributed by atoms with Crippen LogP contribution < -0.4 is 9.64 Å². The minimum absolute atomic E-state index is 0. The van der Waals surface area contributed by atoms with Crippen LogP contribution in [-0.4, -0.2) is 50.1 Å². The van der Waals surface area contributed by atoms with Crippen molar-refractivity contribution >= 4 is 56.6 Å². The van der Waals surface area contributed by atoms with Gasteiger partial charge in [0.05, 0.1) is 23.3 Å². The number of carbonyl (C=O) groups is 1. The van der Waals surface area contributed by atoms with Gasteiger partial charge in [-0.1, -0.05) is 35.1 Å². The fourth-order valence-corrected chi connectivity index (χ4v) is 4.27. The Balaban J connectivity index is 0.00000320. The highest BCUT2D eigenvalue weighted by Crippen LogP contribution is 2.38. The molecule has 0 atom stereocenters. The molecule has 2 aromatic carbocycles. The molecule has 0 aliphatic rings. The highest BCUT2D eigenvalue weighted by atomic mass is 35.5. The average molecular weight is 472 g/mol. The summed E-state index contributed by atoms with van der Waals surface area (Å²) < 4.78 is 19.4. The van der Waals surface area contributed by atoms with Crippen LogP contribution in [0.1, 0.15) is 12.0 Å². The van der Waals surface area contributed by atoms with E-state index in [1.165, 1.54) is 23.5 Å². The molecule has 0 spiro atoms. The van der Waals surface area contributed by atoms with E-state index in [2.05, 4.69) is 9.88 Å². The quantitative estimate of drug-likeness (QED) is 0.461. The molecule has 5 nitrogen and oxygen atoms in total. The van der Waals surface area contributed by atoms with Gasteiger partial charge in [-0.25, -0.2) is 9.37 Å². The molecule has 0 saturated heterocycles. The number of hydrogen-bond acceptors (Lipinski definition) is 5. The van der Waals surface area contributed by atoms with Gasteiger partial charge in [-0.3, -0.25) is 9.69 Å². The lowest BCUT2D eigenvalue weighted by Crippen LogP contribution is -2.34. The highest BCUT2D eigenvalue weighted by molar-refractivity contribution is 7.23. The van der Waals surface area contributed by atoms with Crippen LogP contribution in [0, 0.1) is 5.82 Å². The van der Waals surface area contributed by atoms with Gasteiger partial charge in [0.1, 0.15) is 17.1 Å². The Bertz CT molecular complexity index is 996. The van der Waals surface area contributed by atoms with Gasteiger partial charge in [0.25, 0.3) is 0 Å². The average Bonchev–Trinajstić information content (AvgIpc) is 3.13. The molecular weight excluding hydrogens is 448 g/mol. The molecule has 0 aliphatic carbocycles. The Labute approximate surface area is 190 Å². The van der Waals surface area contributed by atoms with Crippen LogP contribution in [0.15, 0.2) is 36.4 Å². The second kappa shape index (κ2) is 10.9. The molecule has 0 bridgehead atoms. The van der Waals surface area contributed by atoms with E-state index in [0.717, 1.165) is 23.2 Å². The standard InChI is InChI=1S/C21H23ClFN3O2S.ClH/c1-25(2)11-4-12-26(18(27)13-14-5-7-15(23)8-6-14)21-24-19-17(28-3)10-9-16(22)20(19)29-21;/h5-10H,4,11-13H2,1-3H3;1H. The Hall–Kier alpha value is -1.93. The van der Waals surface area contributed by atoms with Crippen LogP contribution in [-0.2, 0) is 11.2 Å². The summed E-state index contributed by atoms with van der Waals surface area (Å²) in [5.41, 5.74) is 1.40. The molecule has 1 aromatic heterocycles. The van der Waals surface area contributed by atoms with Crippen LogP contribution in [0.5, 0.6) is 5.75 Å². The lowest BCUT2D eigenvalue weighted by molar-refractivity contribution is -0.118. The van der Waals surface area contributed by atoms with Crippen LogP contribution in [0.25, 0.3) is 10.2 Å². The van der Waals surface area contributed by atoms with Crippen molar-refractivity contribution in [3.05, 3.63) is 52.8 Å². The van der Waals surface area contributed by atoms with Crippen molar-refractivity contribution in [2.24, 2.45) is 0 Å². The van der Waals surface area contributed by atoms with E-state index in [-0.39, 0.29) is 30.6 Å². The zero-order valence-electron chi connectivity index (χ0n) is 17.0. The van der Waals surface area contributed by atoms with Gasteiger partial charge in [0, 0.05) is 6.54 Å². The van der Waals surface area contributed by atoms with Gasteiger partial charge in [-0.2, -0.15) is 0 Å². The van der Waals surface area contributed by atoms with Gasteiger partial charge >= 0.3 is 0 Å². The predicted octanol–water partition coefficient (Wildman–Crippen LogP) is 5.05. The number of nitrogens with zero attached hydrogens (tertiary/aromatic N) is 3. The van der Waals surface area contributed by atoms with Crippen molar-refractivity contribution in [3.8, 4) is 5.75 Å². The first-order valence-corrected chi connectivity index (χ1v) is 10.4. The number of ether oxygens (including phenoxy) is 1. The molecule has 0 aliphatic heterocycles. The summed E-state index contributed by atoms with van der Waals surface area (Å²) in [6, 6.07) is 9.52. The molecule has 0 unspecified atom stereocenters. The SMILES string of the molecule is COc1ccc(Cl)c2sc(N(CCCN(C)C)C(=O)Cc3ccc(F)cc3)nc12.Cl. The minimum atomic E-state index is -0.322. The third-order valence-electron chi connectivity index (χ3n) is 4.45. The van der Waals surface area contributed by atoms with Crippen molar-refractivity contribution in [1.82, 2.24) is 9.88 Å². The molecule has 0 N–H and O–H groups in total. The van der Waals surface area contributed by atoms with Crippen LogP contribution in [0.2, 0.25) is 5.02 Å². The summed E-state index contributed by atoms with van der Waals surface area (Å²) in [5.74, 6) is 0.201. The minimum Gasteiger partial charge on any atom is -0.494 e. The van der Waals surface area contributed by atoms with Crippen LogP contribution in [0.4, 0.5) is 9.52 Å². The van der Waals surface area contributed by atoms with Gasteiger partial charge in [0.15, 0.2) is 5.13 Å². The Morgan fingerprint density at radius 1 is 1.17 bits per heavy atom. The van der Waals surface area contributed by atoms with Crippen LogP contribution >= 0.6 is 35.3 Å². The second-order valence-electron chi connectivity index (χ2n) is 6.93. The van der Waals surface area contributed by atoms with E-state index >= 15 is 0 Å². The zero-order valence-corrected chi connectivity index (χ0v) is 19.4. The molecular formula is C21H24Cl2FN3O2S. The lowest BCUT2D eigenvalue weighted by Gasteiger charge is -2.21. The maximum absolute atomic E-state index is 13.2. The van der Waals surface area contributed by atoms with E-state index in [1.807, 2.05) is 14.1 Å². The molecule has 1 amide bonds. The fraction of sp³-hybridized carbons (Fsp3) is 0.333. The number of aromatic nitrogens is 1. The summed E-state index contributed by atoms with van der Waals surface area (Å²) >= 11 is 7.71. The predicted molar refractivity (Wildman–Crippen MR) is 124 cm³/mol. The number of rotatable bonds is 8. The first-order chi connectivity index (χ1) is 13.9. The van der Waals surface area contributed by atoms with Crippen molar-refractivity contribution in [2.75, 3.05) is 39.2 Å². The number of methoxy groups -OCH3 is 1. The molecule has 1 heterocycles. The Kier molecular flexibility index (Phi) is 8.85. The summed E-state index contributed by atoms with van der Waals surface area (Å²) in [4.78, 5) is 21.5. The Morgan fingerprint density at radius 2 is 1.87 bits per heavy atom. The number of anilines is 1. The molecule has 3 rings (SSSR count). The maximum atomic E-state index is 13.2. The number of thiazole rings is 1. The summed E-state index contributed by atoms with van der Waals surface area (Å²) in [6.45, 7) is 1.37. The number of amides is 1. The summed E-state index contributed by atoms with van der Waals surface area (Å²) in [7, 11) is 5.57. The van der Waals surface area contributed by atoms with Gasteiger partial charge in [-0.05, 0) is 56.9 Å². The number of carbonyl (C=O) groups excluding carboxylic acids is 1. The second-order valence-corrected chi connectivity index (χ2v) is 8.31. The first kappa shape index (κ1) is 24.3. The highest BCUT2D eigenvalue weighted by Gasteiger charge is 2.22. The maximum Gasteiger partial charge on any atom is 0.233 e. The smallest absolute Gasteiger partial charge is 0.233 e. The van der Waals surface area contributed by atoms with Crippen molar-refractivity contribution in [2.45, 2.75) is 12.8 Å². The zero-order chi connectivity index (χ0) is 21.0. The molecule has 9 heteroatoms. The topological polar surface area (TPSA) is 45.7 Å². The van der Waals surface area contributed by atoms with E-state index in [0.29, 0.717) is 28.0 Å². The van der Waals surface area contributed by atoms with E-state index < -0.39 is 0 Å².